The highest BCUT2D eigenvalue weighted by molar-refractivity contribution is 5.18. The topological polar surface area (TPSA) is 46.0 Å². The van der Waals surface area contributed by atoms with Crippen molar-refractivity contribution < 1.29 is 4.52 Å². The summed E-state index contributed by atoms with van der Waals surface area (Å²) in [6.07, 6.45) is 4.07. The Morgan fingerprint density at radius 1 is 1.53 bits per heavy atom. The molecule has 84 valence electrons. The number of aromatic nitrogens is 1. The summed E-state index contributed by atoms with van der Waals surface area (Å²) < 4.78 is 5.14. The van der Waals surface area contributed by atoms with Crippen LogP contribution >= 0.6 is 0 Å². The van der Waals surface area contributed by atoms with E-state index in [0.717, 1.165) is 37.0 Å². The average molecular weight is 209 g/mol. The van der Waals surface area contributed by atoms with Gasteiger partial charge in [-0.2, -0.15) is 5.16 Å². The summed E-state index contributed by atoms with van der Waals surface area (Å²) in [7, 11) is 0. The van der Waals surface area contributed by atoms with Crippen LogP contribution in [0.3, 0.4) is 0 Å². The van der Waals surface area contributed by atoms with E-state index in [0.29, 0.717) is 11.3 Å². The SMILES string of the molecule is CCC(C)(C)C1CCc2o[nH]c(=O)c2C1. The fourth-order valence-corrected chi connectivity index (χ4v) is 2.38. The van der Waals surface area contributed by atoms with E-state index in [1.807, 2.05) is 0 Å². The Balaban J connectivity index is 2.25. The minimum absolute atomic E-state index is 0.0263. The van der Waals surface area contributed by atoms with E-state index in [-0.39, 0.29) is 5.56 Å². The van der Waals surface area contributed by atoms with Crippen LogP contribution in [-0.4, -0.2) is 5.16 Å². The highest BCUT2D eigenvalue weighted by Crippen LogP contribution is 2.38. The van der Waals surface area contributed by atoms with E-state index >= 15 is 0 Å². The summed E-state index contributed by atoms with van der Waals surface area (Å²) in [4.78, 5) is 11.5. The van der Waals surface area contributed by atoms with Crippen molar-refractivity contribution in [2.75, 3.05) is 0 Å². The highest BCUT2D eigenvalue weighted by Gasteiger charge is 2.33. The zero-order valence-electron chi connectivity index (χ0n) is 9.72. The van der Waals surface area contributed by atoms with E-state index in [4.69, 9.17) is 4.52 Å². The zero-order chi connectivity index (χ0) is 11.1. The molecule has 1 aromatic heterocycles. The summed E-state index contributed by atoms with van der Waals surface area (Å²) in [5.41, 5.74) is 1.18. The molecule has 1 aromatic rings. The van der Waals surface area contributed by atoms with Gasteiger partial charge >= 0.3 is 0 Å². The first-order valence-electron chi connectivity index (χ1n) is 5.74. The van der Waals surface area contributed by atoms with Crippen LogP contribution in [0.1, 0.15) is 44.9 Å². The molecule has 1 heterocycles. The Morgan fingerprint density at radius 3 is 2.93 bits per heavy atom. The molecule has 0 aromatic carbocycles. The minimum atomic E-state index is -0.0263. The predicted octanol–water partition coefficient (Wildman–Crippen LogP) is 2.51. The normalized spacial score (nSPS) is 21.4. The van der Waals surface area contributed by atoms with Crippen molar-refractivity contribution in [2.45, 2.75) is 46.5 Å². The molecule has 3 nitrogen and oxygen atoms in total. The molecule has 1 unspecified atom stereocenters. The van der Waals surface area contributed by atoms with Gasteiger partial charge in [0.15, 0.2) is 0 Å². The van der Waals surface area contributed by atoms with Crippen LogP contribution in [0.15, 0.2) is 9.32 Å². The molecule has 0 radical (unpaired) electrons. The Hall–Kier alpha value is -0.990. The van der Waals surface area contributed by atoms with E-state index in [9.17, 15) is 4.79 Å². The summed E-state index contributed by atoms with van der Waals surface area (Å²) >= 11 is 0. The number of hydrogen-bond acceptors (Lipinski definition) is 2. The van der Waals surface area contributed by atoms with Crippen molar-refractivity contribution in [1.82, 2.24) is 5.16 Å². The third kappa shape index (κ3) is 1.75. The van der Waals surface area contributed by atoms with Crippen LogP contribution in [0.2, 0.25) is 0 Å². The van der Waals surface area contributed by atoms with Crippen LogP contribution in [0, 0.1) is 11.3 Å². The molecule has 0 aliphatic heterocycles. The Bertz CT molecular complexity index is 400. The lowest BCUT2D eigenvalue weighted by atomic mass is 9.69. The zero-order valence-corrected chi connectivity index (χ0v) is 9.72. The monoisotopic (exact) mass is 209 g/mol. The number of aryl methyl sites for hydroxylation is 1. The second kappa shape index (κ2) is 3.54. The van der Waals surface area contributed by atoms with Gasteiger partial charge in [0.2, 0.25) is 0 Å². The molecule has 1 atom stereocenters. The Labute approximate surface area is 89.8 Å². The van der Waals surface area contributed by atoms with Crippen LogP contribution < -0.4 is 5.56 Å². The van der Waals surface area contributed by atoms with Crippen LogP contribution in [0.25, 0.3) is 0 Å². The molecule has 15 heavy (non-hydrogen) atoms. The fourth-order valence-electron chi connectivity index (χ4n) is 2.38. The Morgan fingerprint density at radius 2 is 2.27 bits per heavy atom. The van der Waals surface area contributed by atoms with Crippen molar-refractivity contribution in [3.8, 4) is 0 Å². The van der Waals surface area contributed by atoms with Gasteiger partial charge in [0.25, 0.3) is 5.56 Å². The number of rotatable bonds is 2. The number of aromatic amines is 1. The van der Waals surface area contributed by atoms with Gasteiger partial charge in [0, 0.05) is 6.42 Å². The van der Waals surface area contributed by atoms with Gasteiger partial charge in [-0.25, -0.2) is 0 Å². The van der Waals surface area contributed by atoms with Crippen molar-refractivity contribution in [3.05, 3.63) is 21.7 Å². The van der Waals surface area contributed by atoms with Gasteiger partial charge in [-0.1, -0.05) is 27.2 Å². The van der Waals surface area contributed by atoms with Gasteiger partial charge in [0.05, 0.1) is 5.56 Å². The van der Waals surface area contributed by atoms with Crippen LogP contribution in [-0.2, 0) is 12.8 Å². The highest BCUT2D eigenvalue weighted by atomic mass is 16.5. The molecular weight excluding hydrogens is 190 g/mol. The van der Waals surface area contributed by atoms with Crippen LogP contribution in [0.4, 0.5) is 0 Å². The molecule has 1 aliphatic carbocycles. The minimum Gasteiger partial charge on any atom is -0.383 e. The lowest BCUT2D eigenvalue weighted by Gasteiger charge is -2.35. The molecule has 0 bridgehead atoms. The number of hydrogen-bond donors (Lipinski definition) is 1. The van der Waals surface area contributed by atoms with Crippen molar-refractivity contribution in [1.29, 1.82) is 0 Å². The van der Waals surface area contributed by atoms with Crippen LogP contribution in [0.5, 0.6) is 0 Å². The standard InChI is InChI=1S/C12H19NO2/c1-4-12(2,3)8-5-6-10-9(7-8)11(14)13-15-10/h8H,4-7H2,1-3H3,(H,13,14). The predicted molar refractivity (Wildman–Crippen MR) is 58.9 cm³/mol. The van der Waals surface area contributed by atoms with E-state index in [1.54, 1.807) is 0 Å². The van der Waals surface area contributed by atoms with E-state index < -0.39 is 0 Å². The lowest BCUT2D eigenvalue weighted by Crippen LogP contribution is -2.30. The van der Waals surface area contributed by atoms with Gasteiger partial charge in [0.1, 0.15) is 5.76 Å². The lowest BCUT2D eigenvalue weighted by molar-refractivity contribution is 0.176. The molecule has 0 fully saturated rings. The molecular formula is C12H19NO2. The molecule has 0 amide bonds. The summed E-state index contributed by atoms with van der Waals surface area (Å²) in [6, 6.07) is 0. The molecule has 0 spiro atoms. The second-order valence-corrected chi connectivity index (χ2v) is 5.22. The van der Waals surface area contributed by atoms with E-state index in [1.165, 1.54) is 0 Å². The average Bonchev–Trinajstić information content (AvgIpc) is 2.60. The number of fused-ring (bicyclic) bond motifs is 1. The molecule has 1 N–H and O–H groups in total. The van der Waals surface area contributed by atoms with Gasteiger partial charge in [-0.05, 0) is 24.2 Å². The van der Waals surface area contributed by atoms with Crippen molar-refractivity contribution >= 4 is 0 Å². The maximum absolute atomic E-state index is 11.5. The first-order valence-corrected chi connectivity index (χ1v) is 5.74. The van der Waals surface area contributed by atoms with E-state index in [2.05, 4.69) is 25.9 Å². The quantitative estimate of drug-likeness (QED) is 0.813. The molecule has 0 saturated heterocycles. The van der Waals surface area contributed by atoms with Gasteiger partial charge < -0.3 is 4.52 Å². The Kier molecular flexibility index (Phi) is 2.49. The van der Waals surface area contributed by atoms with Crippen molar-refractivity contribution in [2.24, 2.45) is 11.3 Å². The van der Waals surface area contributed by atoms with Gasteiger partial charge in [-0.15, -0.1) is 0 Å². The van der Waals surface area contributed by atoms with Gasteiger partial charge in [-0.3, -0.25) is 4.79 Å². The second-order valence-electron chi connectivity index (χ2n) is 5.22. The first kappa shape index (κ1) is 10.5. The third-order valence-electron chi connectivity index (χ3n) is 4.06. The summed E-state index contributed by atoms with van der Waals surface area (Å²) in [5.74, 6) is 1.48. The fraction of sp³-hybridized carbons (Fsp3) is 0.750. The molecule has 1 aliphatic rings. The van der Waals surface area contributed by atoms with Crippen molar-refractivity contribution in [3.63, 3.8) is 0 Å². The maximum atomic E-state index is 11.5. The first-order chi connectivity index (χ1) is 7.04. The molecule has 2 rings (SSSR count). The third-order valence-corrected chi connectivity index (χ3v) is 4.06. The summed E-state index contributed by atoms with van der Waals surface area (Å²) in [5, 5.41) is 2.44. The number of nitrogens with one attached hydrogen (secondary N) is 1. The number of H-pyrrole nitrogens is 1. The largest absolute Gasteiger partial charge is 0.383 e. The summed E-state index contributed by atoms with van der Waals surface area (Å²) in [6.45, 7) is 6.79. The molecule has 0 saturated carbocycles. The molecule has 3 heteroatoms. The maximum Gasteiger partial charge on any atom is 0.283 e. The smallest absolute Gasteiger partial charge is 0.283 e.